The molecule has 0 amide bonds. The summed E-state index contributed by atoms with van der Waals surface area (Å²) in [6.07, 6.45) is -11.7. The van der Waals surface area contributed by atoms with Crippen LogP contribution in [0, 0.1) is 0 Å². The molecule has 5 aromatic rings. The second-order valence-electron chi connectivity index (χ2n) is 12.1. The monoisotopic (exact) mass is 713 g/mol. The van der Waals surface area contributed by atoms with Crippen LogP contribution in [0.25, 0.3) is 22.6 Å². The number of hydrogen-bond acceptors (Lipinski definition) is 5. The molecule has 2 heterocycles. The molecule has 0 saturated carbocycles. The fourth-order valence-corrected chi connectivity index (χ4v) is 5.93. The first-order valence-electron chi connectivity index (χ1n) is 16.3. The molecule has 0 radical (unpaired) electrons. The van der Waals surface area contributed by atoms with Gasteiger partial charge in [0.15, 0.2) is 11.5 Å². The number of alkyl halides is 7. The third-order valence-corrected chi connectivity index (χ3v) is 8.33. The van der Waals surface area contributed by atoms with E-state index in [0.717, 1.165) is 36.1 Å². The first kappa shape index (κ1) is 35.8. The van der Waals surface area contributed by atoms with E-state index in [2.05, 4.69) is 4.74 Å². The minimum absolute atomic E-state index is 0.0672. The predicted molar refractivity (Wildman–Crippen MR) is 177 cm³/mol. The zero-order chi connectivity index (χ0) is 36.2. The van der Waals surface area contributed by atoms with Crippen LogP contribution in [-0.2, 0) is 32.4 Å². The van der Waals surface area contributed by atoms with Crippen LogP contribution >= 0.6 is 0 Å². The molecular formula is C38H34F7N3O3. The molecule has 268 valence electrons. The van der Waals surface area contributed by atoms with Crippen molar-refractivity contribution in [1.29, 1.82) is 0 Å². The van der Waals surface area contributed by atoms with Crippen molar-refractivity contribution in [2.75, 3.05) is 6.79 Å². The van der Waals surface area contributed by atoms with Gasteiger partial charge in [-0.1, -0.05) is 74.0 Å². The molecule has 6 nitrogen and oxygen atoms in total. The van der Waals surface area contributed by atoms with Gasteiger partial charge in [-0.3, -0.25) is 4.90 Å². The predicted octanol–water partition coefficient (Wildman–Crippen LogP) is 10.2. The summed E-state index contributed by atoms with van der Waals surface area (Å²) in [6, 6.07) is 25.3. The van der Waals surface area contributed by atoms with Crippen LogP contribution in [0.4, 0.5) is 30.7 Å². The number of imidazole rings is 1. The van der Waals surface area contributed by atoms with E-state index >= 15 is 0 Å². The first-order chi connectivity index (χ1) is 24.4. The lowest BCUT2D eigenvalue weighted by Gasteiger charge is -2.25. The van der Waals surface area contributed by atoms with Gasteiger partial charge in [0.2, 0.25) is 6.79 Å². The van der Waals surface area contributed by atoms with E-state index in [9.17, 15) is 30.7 Å². The van der Waals surface area contributed by atoms with Gasteiger partial charge in [-0.2, -0.15) is 30.7 Å². The number of rotatable bonds is 14. The van der Waals surface area contributed by atoms with Crippen molar-refractivity contribution < 1.29 is 44.9 Å². The highest BCUT2D eigenvalue weighted by atomic mass is 19.4. The highest BCUT2D eigenvalue weighted by molar-refractivity contribution is 5.69. The lowest BCUT2D eigenvalue weighted by Crippen LogP contribution is -2.33. The molecule has 0 spiro atoms. The van der Waals surface area contributed by atoms with E-state index in [0.29, 0.717) is 40.8 Å². The molecule has 0 aliphatic carbocycles. The van der Waals surface area contributed by atoms with Gasteiger partial charge in [-0.15, -0.1) is 0 Å². The summed E-state index contributed by atoms with van der Waals surface area (Å²) in [7, 11) is 0. The largest absolute Gasteiger partial charge is 0.461 e. The van der Waals surface area contributed by atoms with Crippen LogP contribution in [-0.4, -0.2) is 33.8 Å². The van der Waals surface area contributed by atoms with Crippen molar-refractivity contribution in [1.82, 2.24) is 14.5 Å². The molecule has 0 bridgehead atoms. The molecule has 6 rings (SSSR count). The number of ether oxygens (including phenoxy) is 3. The zero-order valence-corrected chi connectivity index (χ0v) is 27.5. The standard InChI is InChI=1S/C38H34F7N3O3/c1-2-3-17-48-31(34(46-35(48)27-10-5-4-6-11-27)28-12-8-13-29(20-28)37(41,42)43)23-47(22-26-15-16-32-33(19-26)50-24-49-32)21-25-9-7-14-30(18-25)51-38(44,45)36(39)40/h4-16,18-20,36H,2-3,17,21-24H2,1H3. The van der Waals surface area contributed by atoms with E-state index in [1.807, 2.05) is 58.9 Å². The maximum absolute atomic E-state index is 13.9. The van der Waals surface area contributed by atoms with E-state index in [1.165, 1.54) is 24.3 Å². The topological polar surface area (TPSA) is 48.8 Å². The lowest BCUT2D eigenvalue weighted by atomic mass is 10.1. The number of nitrogens with zero attached hydrogens (tertiary/aromatic N) is 3. The molecule has 51 heavy (non-hydrogen) atoms. The van der Waals surface area contributed by atoms with Crippen molar-refractivity contribution in [3.05, 3.63) is 119 Å². The summed E-state index contributed by atoms with van der Waals surface area (Å²) >= 11 is 0. The summed E-state index contributed by atoms with van der Waals surface area (Å²) in [5.74, 6) is 1.26. The van der Waals surface area contributed by atoms with Crippen LogP contribution in [0.1, 0.15) is 42.1 Å². The fourth-order valence-electron chi connectivity index (χ4n) is 5.93. The van der Waals surface area contributed by atoms with Gasteiger partial charge in [0.1, 0.15) is 11.6 Å². The van der Waals surface area contributed by atoms with Crippen LogP contribution in [0.2, 0.25) is 0 Å². The van der Waals surface area contributed by atoms with E-state index in [1.54, 1.807) is 18.2 Å². The third-order valence-electron chi connectivity index (χ3n) is 8.33. The van der Waals surface area contributed by atoms with Gasteiger partial charge in [0.25, 0.3) is 0 Å². The summed E-state index contributed by atoms with van der Waals surface area (Å²) in [6.45, 7) is 3.17. The molecule has 1 aliphatic heterocycles. The van der Waals surface area contributed by atoms with Gasteiger partial charge in [0.05, 0.1) is 17.0 Å². The fraction of sp³-hybridized carbons (Fsp3) is 0.289. The van der Waals surface area contributed by atoms with Gasteiger partial charge in [0, 0.05) is 37.3 Å². The third kappa shape index (κ3) is 8.47. The Morgan fingerprint density at radius 3 is 2.22 bits per heavy atom. The number of benzene rings is 4. The van der Waals surface area contributed by atoms with Crippen molar-refractivity contribution >= 4 is 0 Å². The maximum Gasteiger partial charge on any atom is 0.461 e. The Morgan fingerprint density at radius 1 is 0.784 bits per heavy atom. The molecular weight excluding hydrogens is 679 g/mol. The lowest BCUT2D eigenvalue weighted by molar-refractivity contribution is -0.253. The Kier molecular flexibility index (Phi) is 10.6. The number of unbranched alkanes of at least 4 members (excludes halogenated alkanes) is 1. The molecule has 0 saturated heterocycles. The van der Waals surface area contributed by atoms with Gasteiger partial charge < -0.3 is 18.8 Å². The smallest absolute Gasteiger partial charge is 0.454 e. The van der Waals surface area contributed by atoms with Crippen LogP contribution < -0.4 is 14.2 Å². The second-order valence-corrected chi connectivity index (χ2v) is 12.1. The maximum atomic E-state index is 13.9. The highest BCUT2D eigenvalue weighted by Gasteiger charge is 2.44. The van der Waals surface area contributed by atoms with Crippen molar-refractivity contribution in [2.45, 2.75) is 64.7 Å². The van der Waals surface area contributed by atoms with Crippen LogP contribution in [0.3, 0.4) is 0 Å². The molecule has 0 N–H and O–H groups in total. The van der Waals surface area contributed by atoms with Gasteiger partial charge in [-0.05, 0) is 53.9 Å². The quantitative estimate of drug-likeness (QED) is 0.107. The van der Waals surface area contributed by atoms with E-state index in [4.69, 9.17) is 14.5 Å². The van der Waals surface area contributed by atoms with Crippen LogP contribution in [0.15, 0.2) is 97.1 Å². The molecule has 0 unspecified atom stereocenters. The molecule has 13 heteroatoms. The SMILES string of the molecule is CCCCn1c(-c2ccccc2)nc(-c2cccc(C(F)(F)F)c2)c1CN(Cc1cccc(OC(F)(F)C(F)F)c1)Cc1ccc2c(c1)OCO2. The Labute approximate surface area is 290 Å². The molecule has 1 aromatic heterocycles. The normalized spacial score (nSPS) is 13.0. The number of aromatic nitrogens is 2. The highest BCUT2D eigenvalue weighted by Crippen LogP contribution is 2.37. The van der Waals surface area contributed by atoms with E-state index in [-0.39, 0.29) is 32.0 Å². The van der Waals surface area contributed by atoms with Crippen molar-refractivity contribution in [3.8, 4) is 39.9 Å². The van der Waals surface area contributed by atoms with E-state index < -0.39 is 30.0 Å². The number of halogens is 7. The average molecular weight is 714 g/mol. The summed E-state index contributed by atoms with van der Waals surface area (Å²) < 4.78 is 113. The van der Waals surface area contributed by atoms with Gasteiger partial charge in [-0.25, -0.2) is 4.98 Å². The minimum atomic E-state index is -4.69. The molecule has 0 atom stereocenters. The number of hydrogen-bond donors (Lipinski definition) is 0. The zero-order valence-electron chi connectivity index (χ0n) is 27.5. The molecule has 4 aromatic carbocycles. The Hall–Kier alpha value is -5.04. The summed E-state index contributed by atoms with van der Waals surface area (Å²) in [5, 5.41) is 0. The van der Waals surface area contributed by atoms with Crippen LogP contribution in [0.5, 0.6) is 17.2 Å². The average Bonchev–Trinajstić information content (AvgIpc) is 3.71. The molecule has 1 aliphatic rings. The molecule has 0 fully saturated rings. The summed E-state index contributed by atoms with van der Waals surface area (Å²) in [4.78, 5) is 6.94. The number of fused-ring (bicyclic) bond motifs is 1. The first-order valence-corrected chi connectivity index (χ1v) is 16.3. The van der Waals surface area contributed by atoms with Crippen molar-refractivity contribution in [3.63, 3.8) is 0 Å². The Morgan fingerprint density at radius 2 is 1.49 bits per heavy atom. The minimum Gasteiger partial charge on any atom is -0.454 e. The van der Waals surface area contributed by atoms with Gasteiger partial charge >= 0.3 is 18.7 Å². The van der Waals surface area contributed by atoms with Crippen molar-refractivity contribution in [2.24, 2.45) is 0 Å². The summed E-state index contributed by atoms with van der Waals surface area (Å²) in [5.41, 5.74) is 2.52. The second kappa shape index (κ2) is 15.1. The Bertz CT molecular complexity index is 1950. The Balaban J connectivity index is 1.46.